The SMILES string of the molecule is COc1cc(/C=N/O)ccn1. The van der Waals surface area contributed by atoms with E-state index in [0.29, 0.717) is 5.88 Å². The molecule has 0 saturated carbocycles. The third kappa shape index (κ3) is 1.93. The molecule has 0 aromatic carbocycles. The van der Waals surface area contributed by atoms with Crippen LogP contribution in [0.4, 0.5) is 0 Å². The van der Waals surface area contributed by atoms with Crippen LogP contribution >= 0.6 is 0 Å². The van der Waals surface area contributed by atoms with Crippen molar-refractivity contribution in [2.24, 2.45) is 5.16 Å². The van der Waals surface area contributed by atoms with Crippen LogP contribution in [0.5, 0.6) is 5.88 Å². The van der Waals surface area contributed by atoms with Crippen molar-refractivity contribution in [1.82, 2.24) is 4.98 Å². The molecule has 1 aromatic heterocycles. The number of pyridine rings is 1. The Morgan fingerprint density at radius 3 is 3.18 bits per heavy atom. The van der Waals surface area contributed by atoms with Gasteiger partial charge in [0.05, 0.1) is 13.3 Å². The van der Waals surface area contributed by atoms with Crippen LogP contribution < -0.4 is 4.74 Å². The fourth-order valence-corrected chi connectivity index (χ4v) is 0.683. The molecule has 0 saturated heterocycles. The lowest BCUT2D eigenvalue weighted by Gasteiger charge is -1.96. The number of hydrogen-bond donors (Lipinski definition) is 1. The van der Waals surface area contributed by atoms with E-state index >= 15 is 0 Å². The Morgan fingerprint density at radius 1 is 1.73 bits per heavy atom. The van der Waals surface area contributed by atoms with E-state index in [9.17, 15) is 0 Å². The number of oxime groups is 1. The highest BCUT2D eigenvalue weighted by Crippen LogP contribution is 2.05. The van der Waals surface area contributed by atoms with Gasteiger partial charge in [-0.25, -0.2) is 4.98 Å². The van der Waals surface area contributed by atoms with Crippen molar-refractivity contribution in [3.8, 4) is 5.88 Å². The van der Waals surface area contributed by atoms with E-state index in [-0.39, 0.29) is 0 Å². The zero-order valence-electron chi connectivity index (χ0n) is 6.06. The first-order valence-corrected chi connectivity index (χ1v) is 3.04. The van der Waals surface area contributed by atoms with E-state index < -0.39 is 0 Å². The molecule has 11 heavy (non-hydrogen) atoms. The zero-order chi connectivity index (χ0) is 8.10. The van der Waals surface area contributed by atoms with Gasteiger partial charge in [-0.2, -0.15) is 0 Å². The van der Waals surface area contributed by atoms with E-state index in [2.05, 4.69) is 10.1 Å². The Labute approximate surface area is 64.1 Å². The summed E-state index contributed by atoms with van der Waals surface area (Å²) < 4.78 is 4.85. The maximum atomic E-state index is 8.19. The van der Waals surface area contributed by atoms with Gasteiger partial charge in [-0.15, -0.1) is 0 Å². The summed E-state index contributed by atoms with van der Waals surface area (Å²) in [5.74, 6) is 0.502. The standard InChI is InChI=1S/C7H8N2O2/c1-11-7-4-6(5-9-10)2-3-8-7/h2-5,10H,1H3/b9-5+. The minimum absolute atomic E-state index is 0.502. The summed E-state index contributed by atoms with van der Waals surface area (Å²) in [6.07, 6.45) is 2.89. The van der Waals surface area contributed by atoms with E-state index in [0.717, 1.165) is 5.56 Å². The summed E-state index contributed by atoms with van der Waals surface area (Å²) in [5.41, 5.74) is 0.749. The highest BCUT2D eigenvalue weighted by atomic mass is 16.5. The molecule has 0 fully saturated rings. The van der Waals surface area contributed by atoms with Crippen LogP contribution in [0.15, 0.2) is 23.5 Å². The van der Waals surface area contributed by atoms with Crippen LogP contribution in [0.25, 0.3) is 0 Å². The van der Waals surface area contributed by atoms with Crippen molar-refractivity contribution < 1.29 is 9.94 Å². The number of hydrogen-bond acceptors (Lipinski definition) is 4. The van der Waals surface area contributed by atoms with Gasteiger partial charge in [-0.3, -0.25) is 0 Å². The van der Waals surface area contributed by atoms with Gasteiger partial charge in [-0.1, -0.05) is 5.16 Å². The molecule has 4 nitrogen and oxygen atoms in total. The molecule has 0 atom stereocenters. The molecule has 0 spiro atoms. The topological polar surface area (TPSA) is 54.7 Å². The first kappa shape index (κ1) is 7.53. The van der Waals surface area contributed by atoms with Gasteiger partial charge >= 0.3 is 0 Å². The second-order valence-electron chi connectivity index (χ2n) is 1.88. The lowest BCUT2D eigenvalue weighted by atomic mass is 10.3. The minimum Gasteiger partial charge on any atom is -0.481 e. The predicted molar refractivity (Wildman–Crippen MR) is 40.2 cm³/mol. The van der Waals surface area contributed by atoms with Gasteiger partial charge in [0, 0.05) is 17.8 Å². The molecule has 1 heterocycles. The molecular weight excluding hydrogens is 144 g/mol. The average molecular weight is 152 g/mol. The molecule has 0 aliphatic carbocycles. The Bertz CT molecular complexity index is 260. The number of rotatable bonds is 2. The van der Waals surface area contributed by atoms with Gasteiger partial charge in [-0.05, 0) is 6.07 Å². The summed E-state index contributed by atoms with van der Waals surface area (Å²) in [4.78, 5) is 3.87. The van der Waals surface area contributed by atoms with Crippen LogP contribution in [0.2, 0.25) is 0 Å². The van der Waals surface area contributed by atoms with Crippen LogP contribution in [-0.2, 0) is 0 Å². The van der Waals surface area contributed by atoms with Crippen molar-refractivity contribution in [1.29, 1.82) is 0 Å². The molecule has 58 valence electrons. The summed E-state index contributed by atoms with van der Waals surface area (Å²) in [5, 5.41) is 11.1. The number of ether oxygens (including phenoxy) is 1. The number of methoxy groups -OCH3 is 1. The van der Waals surface area contributed by atoms with Crippen molar-refractivity contribution in [2.45, 2.75) is 0 Å². The molecule has 0 bridgehead atoms. The number of aromatic nitrogens is 1. The molecule has 0 unspecified atom stereocenters. The van der Waals surface area contributed by atoms with Crippen LogP contribution in [0.1, 0.15) is 5.56 Å². The fourth-order valence-electron chi connectivity index (χ4n) is 0.683. The van der Waals surface area contributed by atoms with Gasteiger partial charge in [0.15, 0.2) is 0 Å². The Hall–Kier alpha value is -1.58. The normalized spacial score (nSPS) is 10.3. The second kappa shape index (κ2) is 3.55. The monoisotopic (exact) mass is 152 g/mol. The Kier molecular flexibility index (Phi) is 2.43. The van der Waals surface area contributed by atoms with Gasteiger partial charge in [0.1, 0.15) is 0 Å². The maximum absolute atomic E-state index is 8.19. The molecule has 1 rings (SSSR count). The molecule has 4 heteroatoms. The Morgan fingerprint density at radius 2 is 2.55 bits per heavy atom. The first-order valence-electron chi connectivity index (χ1n) is 3.04. The maximum Gasteiger partial charge on any atom is 0.213 e. The third-order valence-electron chi connectivity index (χ3n) is 1.17. The van der Waals surface area contributed by atoms with Crippen molar-refractivity contribution >= 4 is 6.21 Å². The summed E-state index contributed by atoms with van der Waals surface area (Å²) >= 11 is 0. The van der Waals surface area contributed by atoms with E-state index in [4.69, 9.17) is 9.94 Å². The zero-order valence-corrected chi connectivity index (χ0v) is 6.06. The van der Waals surface area contributed by atoms with E-state index in [1.165, 1.54) is 13.3 Å². The van der Waals surface area contributed by atoms with Gasteiger partial charge < -0.3 is 9.94 Å². The Balaban J connectivity index is 2.91. The molecule has 0 aliphatic rings. The van der Waals surface area contributed by atoms with E-state index in [1.54, 1.807) is 18.3 Å². The quantitative estimate of drug-likeness (QED) is 0.389. The van der Waals surface area contributed by atoms with Crippen LogP contribution in [0.3, 0.4) is 0 Å². The first-order chi connectivity index (χ1) is 5.36. The molecule has 0 aliphatic heterocycles. The summed E-state index contributed by atoms with van der Waals surface area (Å²) in [6.45, 7) is 0. The summed E-state index contributed by atoms with van der Waals surface area (Å²) in [7, 11) is 1.53. The van der Waals surface area contributed by atoms with E-state index in [1.807, 2.05) is 0 Å². The van der Waals surface area contributed by atoms with Crippen LogP contribution in [0, 0.1) is 0 Å². The molecule has 0 amide bonds. The highest BCUT2D eigenvalue weighted by molar-refractivity contribution is 5.79. The van der Waals surface area contributed by atoms with Crippen molar-refractivity contribution in [2.75, 3.05) is 7.11 Å². The average Bonchev–Trinajstić information content (AvgIpc) is 2.06. The fraction of sp³-hybridized carbons (Fsp3) is 0.143. The lowest BCUT2D eigenvalue weighted by Crippen LogP contribution is -1.88. The molecule has 1 aromatic rings. The third-order valence-corrected chi connectivity index (χ3v) is 1.17. The largest absolute Gasteiger partial charge is 0.481 e. The minimum atomic E-state index is 0.502. The molecule has 1 N–H and O–H groups in total. The predicted octanol–water partition coefficient (Wildman–Crippen LogP) is 0.898. The smallest absolute Gasteiger partial charge is 0.213 e. The van der Waals surface area contributed by atoms with Crippen molar-refractivity contribution in [3.63, 3.8) is 0 Å². The van der Waals surface area contributed by atoms with Gasteiger partial charge in [0.25, 0.3) is 0 Å². The highest BCUT2D eigenvalue weighted by Gasteiger charge is 1.92. The summed E-state index contributed by atoms with van der Waals surface area (Å²) in [6, 6.07) is 3.38. The van der Waals surface area contributed by atoms with Gasteiger partial charge in [0.2, 0.25) is 5.88 Å². The second-order valence-corrected chi connectivity index (χ2v) is 1.88. The number of nitrogens with zero attached hydrogens (tertiary/aromatic N) is 2. The lowest BCUT2D eigenvalue weighted by molar-refractivity contribution is 0.322. The van der Waals surface area contributed by atoms with Crippen molar-refractivity contribution in [3.05, 3.63) is 23.9 Å². The van der Waals surface area contributed by atoms with Crippen LogP contribution in [-0.4, -0.2) is 23.5 Å². The molecule has 0 radical (unpaired) electrons. The molecular formula is C7H8N2O2.